The molecule has 0 amide bonds. The van der Waals surface area contributed by atoms with E-state index in [-0.39, 0.29) is 17.3 Å². The highest BCUT2D eigenvalue weighted by Crippen LogP contribution is 2.31. The number of carbonyl (C=O) groups is 2. The Balaban J connectivity index is 2.03. The number of unbranched alkanes of at least 4 members (excludes halogenated alkanes) is 3. The molecule has 0 aliphatic heterocycles. The van der Waals surface area contributed by atoms with Crippen molar-refractivity contribution in [1.82, 2.24) is 0 Å². The van der Waals surface area contributed by atoms with Crippen LogP contribution >= 0.6 is 0 Å². The van der Waals surface area contributed by atoms with Crippen LogP contribution < -0.4 is 0 Å². The second kappa shape index (κ2) is 8.47. The number of ketones is 1. The van der Waals surface area contributed by atoms with E-state index in [9.17, 15) is 9.59 Å². The minimum absolute atomic E-state index is 0.0438. The predicted molar refractivity (Wildman–Crippen MR) is 92.1 cm³/mol. The fraction of sp³-hybridized carbons (Fsp3) is 0.400. The molecule has 0 spiro atoms. The van der Waals surface area contributed by atoms with Gasteiger partial charge in [-0.3, -0.25) is 4.79 Å². The Labute approximate surface area is 138 Å². The molecule has 0 N–H and O–H groups in total. The molecule has 0 fully saturated rings. The molecule has 0 bridgehead atoms. The van der Waals surface area contributed by atoms with Crippen LogP contribution in [0, 0.1) is 0 Å². The van der Waals surface area contributed by atoms with Crippen LogP contribution in [0.5, 0.6) is 0 Å². The van der Waals surface area contributed by atoms with Crippen molar-refractivity contribution in [2.45, 2.75) is 45.4 Å². The van der Waals surface area contributed by atoms with E-state index in [2.05, 4.69) is 6.92 Å². The van der Waals surface area contributed by atoms with E-state index in [1.807, 2.05) is 36.4 Å². The zero-order valence-electron chi connectivity index (χ0n) is 13.9. The van der Waals surface area contributed by atoms with Crippen molar-refractivity contribution in [2.75, 3.05) is 6.61 Å². The van der Waals surface area contributed by atoms with Gasteiger partial charge in [-0.05, 0) is 24.5 Å². The van der Waals surface area contributed by atoms with Crippen LogP contribution in [0.2, 0.25) is 0 Å². The second-order valence-corrected chi connectivity index (χ2v) is 5.85. The second-order valence-electron chi connectivity index (χ2n) is 5.85. The third-order valence-corrected chi connectivity index (χ3v) is 4.01. The monoisotopic (exact) mass is 312 g/mol. The Kier molecular flexibility index (Phi) is 6.33. The zero-order chi connectivity index (χ0) is 16.7. The lowest BCUT2D eigenvalue weighted by Gasteiger charge is -2.10. The minimum Gasteiger partial charge on any atom is -0.462 e. The van der Waals surface area contributed by atoms with Gasteiger partial charge in [-0.25, -0.2) is 4.79 Å². The molecule has 0 heterocycles. The number of hydrogen-bond donors (Lipinski definition) is 0. The summed E-state index contributed by atoms with van der Waals surface area (Å²) in [4.78, 5) is 24.0. The average molecular weight is 312 g/mol. The van der Waals surface area contributed by atoms with E-state index in [1.165, 1.54) is 6.92 Å². The van der Waals surface area contributed by atoms with Crippen molar-refractivity contribution in [3.63, 3.8) is 0 Å². The summed E-state index contributed by atoms with van der Waals surface area (Å²) in [6, 6.07) is 7.99. The van der Waals surface area contributed by atoms with Gasteiger partial charge in [0.05, 0.1) is 12.2 Å². The van der Waals surface area contributed by atoms with E-state index < -0.39 is 5.97 Å². The first-order valence-electron chi connectivity index (χ1n) is 8.30. The fourth-order valence-electron chi connectivity index (χ4n) is 2.70. The summed E-state index contributed by atoms with van der Waals surface area (Å²) < 4.78 is 5.26. The molecule has 3 heteroatoms. The molecule has 122 valence electrons. The number of benzene rings is 1. The summed E-state index contributed by atoms with van der Waals surface area (Å²) in [6.07, 6.45) is 9.90. The van der Waals surface area contributed by atoms with Gasteiger partial charge in [-0.2, -0.15) is 0 Å². The highest BCUT2D eigenvalue weighted by Gasteiger charge is 2.21. The van der Waals surface area contributed by atoms with Crippen molar-refractivity contribution in [1.29, 1.82) is 0 Å². The summed E-state index contributed by atoms with van der Waals surface area (Å²) in [7, 11) is 0. The van der Waals surface area contributed by atoms with Gasteiger partial charge in [0.1, 0.15) is 0 Å². The quantitative estimate of drug-likeness (QED) is 0.234. The molecule has 0 saturated carbocycles. The lowest BCUT2D eigenvalue weighted by atomic mass is 9.97. The molecule has 1 aromatic rings. The Hall–Kier alpha value is -2.16. The maximum Gasteiger partial charge on any atom is 0.341 e. The van der Waals surface area contributed by atoms with Crippen LogP contribution in [0.1, 0.15) is 56.6 Å². The molecule has 1 atom stereocenters. The van der Waals surface area contributed by atoms with Gasteiger partial charge in [0.25, 0.3) is 0 Å². The van der Waals surface area contributed by atoms with Crippen LogP contribution in [0.25, 0.3) is 6.08 Å². The first-order chi connectivity index (χ1) is 11.1. The van der Waals surface area contributed by atoms with Gasteiger partial charge in [0, 0.05) is 5.92 Å². The third-order valence-electron chi connectivity index (χ3n) is 4.01. The number of rotatable bonds is 8. The Morgan fingerprint density at radius 2 is 1.96 bits per heavy atom. The summed E-state index contributed by atoms with van der Waals surface area (Å²) in [5, 5.41) is 0. The van der Waals surface area contributed by atoms with E-state index >= 15 is 0 Å². The van der Waals surface area contributed by atoms with Gasteiger partial charge < -0.3 is 4.74 Å². The smallest absolute Gasteiger partial charge is 0.341 e. The minimum atomic E-state index is -0.508. The number of allylic oxidation sites excluding steroid dienone is 2. The number of fused-ring (bicyclic) bond motifs is 1. The standard InChI is InChI=1S/C20H24O3/c1-3-4-5-8-13-23-20(22)19(15(2)21)14-17-12-11-16-9-6-7-10-18(16)17/h6-7,9-12,14,17H,3-5,8,13H2,1-2H3. The lowest BCUT2D eigenvalue weighted by molar-refractivity contribution is -0.140. The summed E-state index contributed by atoms with van der Waals surface area (Å²) in [6.45, 7) is 3.92. The molecule has 0 radical (unpaired) electrons. The molecule has 23 heavy (non-hydrogen) atoms. The number of hydrogen-bond acceptors (Lipinski definition) is 3. The number of ether oxygens (including phenoxy) is 1. The zero-order valence-corrected chi connectivity index (χ0v) is 13.9. The van der Waals surface area contributed by atoms with Gasteiger partial charge in [-0.15, -0.1) is 0 Å². The Morgan fingerprint density at radius 1 is 1.17 bits per heavy atom. The third kappa shape index (κ3) is 4.65. The molecular formula is C20H24O3. The van der Waals surface area contributed by atoms with Crippen LogP contribution in [-0.2, 0) is 14.3 Å². The van der Waals surface area contributed by atoms with E-state index in [0.717, 1.165) is 36.8 Å². The SMILES string of the molecule is CCCCCCOC(=O)C(=CC1C=Cc2ccccc21)C(C)=O. The topological polar surface area (TPSA) is 43.4 Å². The summed E-state index contributed by atoms with van der Waals surface area (Å²) in [5.74, 6) is -0.800. The molecule has 1 aliphatic carbocycles. The molecule has 1 aromatic carbocycles. The number of Topliss-reactive ketones (excluding diaryl/α,β-unsaturated/α-hetero) is 1. The van der Waals surface area contributed by atoms with Crippen molar-refractivity contribution < 1.29 is 14.3 Å². The molecule has 3 nitrogen and oxygen atoms in total. The first kappa shape index (κ1) is 17.2. The number of esters is 1. The maximum atomic E-state index is 12.2. The highest BCUT2D eigenvalue weighted by molar-refractivity contribution is 6.16. The predicted octanol–water partition coefficient (Wildman–Crippen LogP) is 4.44. The molecule has 0 aromatic heterocycles. The van der Waals surface area contributed by atoms with Crippen LogP contribution in [0.15, 0.2) is 42.0 Å². The van der Waals surface area contributed by atoms with Crippen LogP contribution in [-0.4, -0.2) is 18.4 Å². The summed E-state index contributed by atoms with van der Waals surface area (Å²) >= 11 is 0. The van der Waals surface area contributed by atoms with Gasteiger partial charge >= 0.3 is 5.97 Å². The van der Waals surface area contributed by atoms with E-state index in [1.54, 1.807) is 6.08 Å². The van der Waals surface area contributed by atoms with Crippen molar-refractivity contribution in [3.05, 3.63) is 53.1 Å². The van der Waals surface area contributed by atoms with Crippen molar-refractivity contribution >= 4 is 17.8 Å². The number of carbonyl (C=O) groups excluding carboxylic acids is 2. The molecule has 2 rings (SSSR count). The Bertz CT molecular complexity index is 626. The molecule has 1 aliphatic rings. The van der Waals surface area contributed by atoms with Crippen molar-refractivity contribution in [3.8, 4) is 0 Å². The molecule has 0 saturated heterocycles. The molecular weight excluding hydrogens is 288 g/mol. The largest absolute Gasteiger partial charge is 0.462 e. The lowest BCUT2D eigenvalue weighted by Crippen LogP contribution is -2.15. The highest BCUT2D eigenvalue weighted by atomic mass is 16.5. The van der Waals surface area contributed by atoms with Gasteiger partial charge in [-0.1, -0.05) is 68.7 Å². The summed E-state index contributed by atoms with van der Waals surface area (Å²) in [5.41, 5.74) is 2.39. The van der Waals surface area contributed by atoms with Gasteiger partial charge in [0.2, 0.25) is 0 Å². The average Bonchev–Trinajstić information content (AvgIpc) is 2.95. The van der Waals surface area contributed by atoms with Gasteiger partial charge in [0.15, 0.2) is 5.78 Å². The Morgan fingerprint density at radius 3 is 2.70 bits per heavy atom. The fourth-order valence-corrected chi connectivity index (χ4v) is 2.70. The van der Waals surface area contributed by atoms with Crippen LogP contribution in [0.3, 0.4) is 0 Å². The molecule has 1 unspecified atom stereocenters. The van der Waals surface area contributed by atoms with E-state index in [4.69, 9.17) is 4.74 Å². The van der Waals surface area contributed by atoms with E-state index in [0.29, 0.717) is 6.61 Å². The normalized spacial score (nSPS) is 16.3. The van der Waals surface area contributed by atoms with Crippen LogP contribution in [0.4, 0.5) is 0 Å². The first-order valence-corrected chi connectivity index (χ1v) is 8.30. The maximum absolute atomic E-state index is 12.2. The van der Waals surface area contributed by atoms with Crippen molar-refractivity contribution in [2.24, 2.45) is 0 Å².